The third-order valence-electron chi connectivity index (χ3n) is 3.16. The smallest absolute Gasteiger partial charge is 0.319 e. The van der Waals surface area contributed by atoms with Crippen molar-refractivity contribution < 1.29 is 23.8 Å². The molecule has 1 aromatic carbocycles. The lowest BCUT2D eigenvalue weighted by Crippen LogP contribution is -2.44. The zero-order chi connectivity index (χ0) is 14.7. The van der Waals surface area contributed by atoms with Crippen LogP contribution in [-0.2, 0) is 9.53 Å². The van der Waals surface area contributed by atoms with Crippen LogP contribution in [0.5, 0.6) is 0 Å². The number of urea groups is 1. The topological polar surface area (TPSA) is 87.7 Å². The first kappa shape index (κ1) is 14.3. The van der Waals surface area contributed by atoms with Crippen LogP contribution in [0.4, 0.5) is 14.9 Å². The van der Waals surface area contributed by atoms with Crippen LogP contribution in [-0.4, -0.2) is 36.4 Å². The maximum atomic E-state index is 13.1. The van der Waals surface area contributed by atoms with E-state index in [1.165, 1.54) is 12.1 Å². The number of ether oxygens (including phenoxy) is 1. The molecule has 0 radical (unpaired) electrons. The van der Waals surface area contributed by atoms with Crippen molar-refractivity contribution in [2.24, 2.45) is 5.92 Å². The minimum absolute atomic E-state index is 0.0687. The number of rotatable bonds is 3. The summed E-state index contributed by atoms with van der Waals surface area (Å²) < 4.78 is 18.1. The van der Waals surface area contributed by atoms with Crippen LogP contribution in [0.25, 0.3) is 0 Å². The quantitative estimate of drug-likeness (QED) is 0.781. The summed E-state index contributed by atoms with van der Waals surface area (Å²) in [6.45, 7) is 1.94. The zero-order valence-corrected chi connectivity index (χ0v) is 10.9. The number of aryl methyl sites for hydroxylation is 1. The van der Waals surface area contributed by atoms with Crippen molar-refractivity contribution in [2.75, 3.05) is 18.5 Å². The Balaban J connectivity index is 1.99. The Kier molecular flexibility index (Phi) is 4.19. The average Bonchev–Trinajstić information content (AvgIpc) is 2.82. The maximum absolute atomic E-state index is 13.1. The summed E-state index contributed by atoms with van der Waals surface area (Å²) in [5.41, 5.74) is 1.05. The van der Waals surface area contributed by atoms with Gasteiger partial charge in [-0.05, 0) is 24.6 Å². The fourth-order valence-electron chi connectivity index (χ4n) is 2.00. The van der Waals surface area contributed by atoms with E-state index < -0.39 is 29.8 Å². The van der Waals surface area contributed by atoms with Crippen molar-refractivity contribution in [1.29, 1.82) is 0 Å². The molecule has 0 bridgehead atoms. The van der Waals surface area contributed by atoms with Gasteiger partial charge in [-0.25, -0.2) is 9.18 Å². The van der Waals surface area contributed by atoms with E-state index in [1.807, 2.05) is 0 Å². The number of carboxylic acid groups (broad SMARTS) is 1. The molecule has 6 nitrogen and oxygen atoms in total. The SMILES string of the molecule is Cc1ccc(F)cc1NC(=O)NC1COCC1C(=O)O. The van der Waals surface area contributed by atoms with Crippen LogP contribution in [0.1, 0.15) is 5.56 Å². The van der Waals surface area contributed by atoms with Crippen LogP contribution in [0.2, 0.25) is 0 Å². The molecule has 1 saturated heterocycles. The van der Waals surface area contributed by atoms with Crippen molar-refractivity contribution >= 4 is 17.7 Å². The van der Waals surface area contributed by atoms with Gasteiger partial charge in [-0.1, -0.05) is 6.07 Å². The number of carboxylic acids is 1. The molecule has 1 aromatic rings. The third-order valence-corrected chi connectivity index (χ3v) is 3.16. The van der Waals surface area contributed by atoms with E-state index in [9.17, 15) is 14.0 Å². The van der Waals surface area contributed by atoms with Gasteiger partial charge in [0.2, 0.25) is 0 Å². The van der Waals surface area contributed by atoms with E-state index >= 15 is 0 Å². The van der Waals surface area contributed by atoms with Crippen LogP contribution < -0.4 is 10.6 Å². The van der Waals surface area contributed by atoms with Gasteiger partial charge in [-0.2, -0.15) is 0 Å². The lowest BCUT2D eigenvalue weighted by Gasteiger charge is -2.16. The number of carbonyl (C=O) groups is 2. The number of amides is 2. The number of anilines is 1. The molecular formula is C13H15FN2O4. The zero-order valence-electron chi connectivity index (χ0n) is 10.9. The monoisotopic (exact) mass is 282 g/mol. The summed E-state index contributed by atoms with van der Waals surface area (Å²) in [5, 5.41) is 14.0. The number of hydrogen-bond donors (Lipinski definition) is 3. The molecule has 2 unspecified atom stereocenters. The molecule has 2 atom stereocenters. The highest BCUT2D eigenvalue weighted by atomic mass is 19.1. The van der Waals surface area contributed by atoms with E-state index in [2.05, 4.69) is 10.6 Å². The van der Waals surface area contributed by atoms with Crippen molar-refractivity contribution in [2.45, 2.75) is 13.0 Å². The molecule has 108 valence electrons. The van der Waals surface area contributed by atoms with Gasteiger partial charge in [0.25, 0.3) is 0 Å². The molecule has 1 aliphatic rings. The number of benzene rings is 1. The van der Waals surface area contributed by atoms with Crippen LogP contribution in [0, 0.1) is 18.7 Å². The Bertz CT molecular complexity index is 535. The highest BCUT2D eigenvalue weighted by Crippen LogP contribution is 2.17. The molecule has 1 heterocycles. The van der Waals surface area contributed by atoms with Crippen LogP contribution >= 0.6 is 0 Å². The molecule has 7 heteroatoms. The van der Waals surface area contributed by atoms with Gasteiger partial charge < -0.3 is 20.5 Å². The predicted octanol–water partition coefficient (Wildman–Crippen LogP) is 1.36. The standard InChI is InChI=1S/C13H15FN2O4/c1-7-2-3-8(14)4-10(7)15-13(19)16-11-6-20-5-9(11)12(17)18/h2-4,9,11H,5-6H2,1H3,(H,17,18)(H2,15,16,19). The van der Waals surface area contributed by atoms with Gasteiger partial charge in [-0.3, -0.25) is 4.79 Å². The first-order chi connectivity index (χ1) is 9.47. The largest absolute Gasteiger partial charge is 0.481 e. The number of nitrogens with one attached hydrogen (secondary N) is 2. The molecule has 0 saturated carbocycles. The number of carbonyl (C=O) groups excluding carboxylic acids is 1. The summed E-state index contributed by atoms with van der Waals surface area (Å²) >= 11 is 0. The van der Waals surface area contributed by atoms with Gasteiger partial charge in [0.15, 0.2) is 0 Å². The third kappa shape index (κ3) is 3.24. The van der Waals surface area contributed by atoms with Crippen LogP contribution in [0.15, 0.2) is 18.2 Å². The Morgan fingerprint density at radius 1 is 1.40 bits per heavy atom. The molecule has 1 aliphatic heterocycles. The first-order valence-electron chi connectivity index (χ1n) is 6.11. The van der Waals surface area contributed by atoms with Gasteiger partial charge >= 0.3 is 12.0 Å². The van der Waals surface area contributed by atoms with Crippen molar-refractivity contribution in [3.8, 4) is 0 Å². The summed E-state index contributed by atoms with van der Waals surface area (Å²) in [4.78, 5) is 22.8. The lowest BCUT2D eigenvalue weighted by molar-refractivity contribution is -0.142. The average molecular weight is 282 g/mol. The summed E-state index contributed by atoms with van der Waals surface area (Å²) in [6.07, 6.45) is 0. The molecule has 0 aromatic heterocycles. The summed E-state index contributed by atoms with van der Waals surface area (Å²) in [7, 11) is 0. The maximum Gasteiger partial charge on any atom is 0.319 e. The van der Waals surface area contributed by atoms with Crippen molar-refractivity contribution in [3.63, 3.8) is 0 Å². The molecule has 1 fully saturated rings. The fraction of sp³-hybridized carbons (Fsp3) is 0.385. The lowest BCUT2D eigenvalue weighted by atomic mass is 10.0. The normalized spacial score (nSPS) is 21.5. The van der Waals surface area contributed by atoms with E-state index in [-0.39, 0.29) is 13.2 Å². The second kappa shape index (κ2) is 5.87. The van der Waals surface area contributed by atoms with Gasteiger partial charge in [-0.15, -0.1) is 0 Å². The molecule has 0 aliphatic carbocycles. The molecule has 2 amide bonds. The first-order valence-corrected chi connectivity index (χ1v) is 6.11. The number of halogens is 1. The second-order valence-electron chi connectivity index (χ2n) is 4.65. The minimum Gasteiger partial charge on any atom is -0.481 e. The molecule has 0 spiro atoms. The molecule has 20 heavy (non-hydrogen) atoms. The Morgan fingerprint density at radius 2 is 2.15 bits per heavy atom. The summed E-state index contributed by atoms with van der Waals surface area (Å²) in [5.74, 6) is -2.25. The van der Waals surface area contributed by atoms with E-state index in [4.69, 9.17) is 9.84 Å². The number of hydrogen-bond acceptors (Lipinski definition) is 3. The van der Waals surface area contributed by atoms with Gasteiger partial charge in [0.05, 0.1) is 19.3 Å². The highest BCUT2D eigenvalue weighted by molar-refractivity contribution is 5.90. The van der Waals surface area contributed by atoms with Gasteiger partial charge in [0, 0.05) is 5.69 Å². The second-order valence-corrected chi connectivity index (χ2v) is 4.65. The fourth-order valence-corrected chi connectivity index (χ4v) is 2.00. The Hall–Kier alpha value is -2.15. The van der Waals surface area contributed by atoms with Crippen molar-refractivity contribution in [1.82, 2.24) is 5.32 Å². The van der Waals surface area contributed by atoms with Gasteiger partial charge in [0.1, 0.15) is 11.7 Å². The summed E-state index contributed by atoms with van der Waals surface area (Å²) in [6, 6.07) is 2.86. The predicted molar refractivity (Wildman–Crippen MR) is 69.0 cm³/mol. The highest BCUT2D eigenvalue weighted by Gasteiger charge is 2.35. The molecule has 2 rings (SSSR count). The number of aliphatic carboxylic acids is 1. The van der Waals surface area contributed by atoms with E-state index in [0.717, 1.165) is 0 Å². The molecular weight excluding hydrogens is 267 g/mol. The Labute approximate surface area is 114 Å². The van der Waals surface area contributed by atoms with E-state index in [0.29, 0.717) is 11.3 Å². The molecule has 3 N–H and O–H groups in total. The van der Waals surface area contributed by atoms with Crippen LogP contribution in [0.3, 0.4) is 0 Å². The Morgan fingerprint density at radius 3 is 2.85 bits per heavy atom. The van der Waals surface area contributed by atoms with Crippen molar-refractivity contribution in [3.05, 3.63) is 29.6 Å². The minimum atomic E-state index is -1.02. The van der Waals surface area contributed by atoms with E-state index in [1.54, 1.807) is 13.0 Å².